The van der Waals surface area contributed by atoms with E-state index in [1.54, 1.807) is 11.9 Å². The Morgan fingerprint density at radius 1 is 1.38 bits per heavy atom. The number of halogens is 1. The summed E-state index contributed by atoms with van der Waals surface area (Å²) in [4.78, 5) is 18.3. The molecule has 0 saturated heterocycles. The molecule has 0 bridgehead atoms. The Bertz CT molecular complexity index is 600. The quantitative estimate of drug-likeness (QED) is 0.919. The van der Waals surface area contributed by atoms with Gasteiger partial charge in [0.25, 0.3) is 5.91 Å². The van der Waals surface area contributed by atoms with Gasteiger partial charge < -0.3 is 10.6 Å². The summed E-state index contributed by atoms with van der Waals surface area (Å²) < 4.78 is 0. The molecular formula is C15H20ClN3OS. The van der Waals surface area contributed by atoms with Crippen molar-refractivity contribution in [1.82, 2.24) is 9.88 Å². The molecule has 0 aliphatic heterocycles. The molecule has 2 rings (SSSR count). The van der Waals surface area contributed by atoms with Crippen molar-refractivity contribution in [1.29, 1.82) is 0 Å². The van der Waals surface area contributed by atoms with Gasteiger partial charge in [0.2, 0.25) is 0 Å². The minimum atomic E-state index is -0.0484. The Kier molecular flexibility index (Phi) is 6.81. The van der Waals surface area contributed by atoms with Gasteiger partial charge in [-0.2, -0.15) is 0 Å². The lowest BCUT2D eigenvalue weighted by Crippen LogP contribution is -2.26. The summed E-state index contributed by atoms with van der Waals surface area (Å²) in [5, 5.41) is 2.72. The van der Waals surface area contributed by atoms with Crippen molar-refractivity contribution in [3.8, 4) is 0 Å². The van der Waals surface area contributed by atoms with Gasteiger partial charge in [0, 0.05) is 25.4 Å². The van der Waals surface area contributed by atoms with E-state index in [2.05, 4.69) is 18.0 Å². The van der Waals surface area contributed by atoms with Crippen LogP contribution in [0.4, 0.5) is 0 Å². The standard InChI is InChI=1S/C15H19N3OS.ClH/c1-11-5-3-4-6-12(11)9-18(2)15(19)13-10-20-14(17-13)7-8-16;/h3-6,10H,7-9,16H2,1-2H3;1H. The highest BCUT2D eigenvalue weighted by atomic mass is 35.5. The average Bonchev–Trinajstić information content (AvgIpc) is 2.89. The smallest absolute Gasteiger partial charge is 0.273 e. The van der Waals surface area contributed by atoms with Crippen molar-refractivity contribution in [2.45, 2.75) is 19.9 Å². The van der Waals surface area contributed by atoms with E-state index in [-0.39, 0.29) is 18.3 Å². The van der Waals surface area contributed by atoms with Crippen molar-refractivity contribution >= 4 is 29.7 Å². The molecule has 6 heteroatoms. The highest BCUT2D eigenvalue weighted by molar-refractivity contribution is 7.09. The van der Waals surface area contributed by atoms with Gasteiger partial charge in [0.15, 0.2) is 0 Å². The maximum atomic E-state index is 12.3. The summed E-state index contributed by atoms with van der Waals surface area (Å²) in [5.74, 6) is -0.0484. The van der Waals surface area contributed by atoms with E-state index in [1.807, 2.05) is 23.6 Å². The number of carbonyl (C=O) groups is 1. The van der Waals surface area contributed by atoms with Crippen LogP contribution >= 0.6 is 23.7 Å². The normalized spacial score (nSPS) is 10.0. The molecule has 0 spiro atoms. The first-order chi connectivity index (χ1) is 9.61. The molecule has 0 aliphatic rings. The predicted octanol–water partition coefficient (Wildman–Crippen LogP) is 2.65. The summed E-state index contributed by atoms with van der Waals surface area (Å²) in [6.07, 6.45) is 0.722. The first kappa shape index (κ1) is 17.6. The van der Waals surface area contributed by atoms with Gasteiger partial charge in [0.1, 0.15) is 5.69 Å². The molecule has 2 N–H and O–H groups in total. The number of aryl methyl sites for hydroxylation is 1. The lowest BCUT2D eigenvalue weighted by atomic mass is 10.1. The van der Waals surface area contributed by atoms with Crippen LogP contribution in [-0.2, 0) is 13.0 Å². The van der Waals surface area contributed by atoms with E-state index in [1.165, 1.54) is 16.9 Å². The van der Waals surface area contributed by atoms with Crippen molar-refractivity contribution in [3.63, 3.8) is 0 Å². The zero-order valence-electron chi connectivity index (χ0n) is 12.2. The molecular weight excluding hydrogens is 306 g/mol. The second-order valence-electron chi connectivity index (χ2n) is 4.75. The molecule has 0 radical (unpaired) electrons. The summed E-state index contributed by atoms with van der Waals surface area (Å²) in [6.45, 7) is 3.20. The Labute approximate surface area is 135 Å². The van der Waals surface area contributed by atoms with E-state index >= 15 is 0 Å². The Morgan fingerprint density at radius 2 is 2.10 bits per heavy atom. The number of nitrogens with zero attached hydrogens (tertiary/aromatic N) is 2. The second-order valence-corrected chi connectivity index (χ2v) is 5.70. The number of hydrogen-bond donors (Lipinski definition) is 1. The Hall–Kier alpha value is -1.43. The zero-order valence-corrected chi connectivity index (χ0v) is 13.8. The molecule has 0 saturated carbocycles. The first-order valence-corrected chi connectivity index (χ1v) is 7.44. The van der Waals surface area contributed by atoms with Crippen LogP contribution in [0.1, 0.15) is 26.6 Å². The van der Waals surface area contributed by atoms with Gasteiger partial charge in [-0.3, -0.25) is 4.79 Å². The third-order valence-electron chi connectivity index (χ3n) is 3.14. The molecule has 1 heterocycles. The molecule has 1 amide bonds. The number of hydrogen-bond acceptors (Lipinski definition) is 4. The van der Waals surface area contributed by atoms with Gasteiger partial charge >= 0.3 is 0 Å². The van der Waals surface area contributed by atoms with Crippen LogP contribution in [0.25, 0.3) is 0 Å². The maximum absolute atomic E-state index is 12.3. The van der Waals surface area contributed by atoms with Gasteiger partial charge in [-0.05, 0) is 24.6 Å². The lowest BCUT2D eigenvalue weighted by Gasteiger charge is -2.17. The number of thiazole rings is 1. The molecule has 1 aromatic carbocycles. The Balaban J connectivity index is 0.00000220. The van der Waals surface area contributed by atoms with Crippen molar-refractivity contribution < 1.29 is 4.79 Å². The van der Waals surface area contributed by atoms with E-state index in [4.69, 9.17) is 5.73 Å². The first-order valence-electron chi connectivity index (χ1n) is 6.56. The molecule has 1 aromatic heterocycles. The predicted molar refractivity (Wildman–Crippen MR) is 89.1 cm³/mol. The highest BCUT2D eigenvalue weighted by Gasteiger charge is 2.16. The Morgan fingerprint density at radius 3 is 2.76 bits per heavy atom. The molecule has 2 aromatic rings. The minimum absolute atomic E-state index is 0. The molecule has 0 atom stereocenters. The fraction of sp³-hybridized carbons (Fsp3) is 0.333. The summed E-state index contributed by atoms with van der Waals surface area (Å²) in [7, 11) is 1.80. The highest BCUT2D eigenvalue weighted by Crippen LogP contribution is 2.14. The van der Waals surface area contributed by atoms with E-state index < -0.39 is 0 Å². The van der Waals surface area contributed by atoms with Crippen LogP contribution in [0.2, 0.25) is 0 Å². The third kappa shape index (κ3) is 4.52. The SMILES string of the molecule is Cc1ccccc1CN(C)C(=O)c1csc(CCN)n1.Cl. The molecule has 0 aliphatic carbocycles. The van der Waals surface area contributed by atoms with Crippen LogP contribution < -0.4 is 5.73 Å². The van der Waals surface area contributed by atoms with Crippen molar-refractivity contribution in [2.24, 2.45) is 5.73 Å². The fourth-order valence-corrected chi connectivity index (χ4v) is 2.75. The molecule has 4 nitrogen and oxygen atoms in total. The van der Waals surface area contributed by atoms with Crippen LogP contribution in [0.15, 0.2) is 29.6 Å². The molecule has 114 valence electrons. The number of nitrogens with two attached hydrogens (primary N) is 1. The average molecular weight is 326 g/mol. The van der Waals surface area contributed by atoms with Crippen LogP contribution in [0, 0.1) is 6.92 Å². The largest absolute Gasteiger partial charge is 0.336 e. The molecule has 0 fully saturated rings. The van der Waals surface area contributed by atoms with Crippen LogP contribution in [0.3, 0.4) is 0 Å². The molecule has 21 heavy (non-hydrogen) atoms. The van der Waals surface area contributed by atoms with Crippen molar-refractivity contribution in [2.75, 3.05) is 13.6 Å². The zero-order chi connectivity index (χ0) is 14.5. The van der Waals surface area contributed by atoms with Crippen molar-refractivity contribution in [3.05, 3.63) is 51.5 Å². The van der Waals surface area contributed by atoms with Crippen LogP contribution in [0.5, 0.6) is 0 Å². The number of aromatic nitrogens is 1. The number of rotatable bonds is 5. The number of carbonyl (C=O) groups excluding carboxylic acids is 1. The van der Waals surface area contributed by atoms with E-state index in [0.29, 0.717) is 18.8 Å². The van der Waals surface area contributed by atoms with Gasteiger partial charge in [-0.25, -0.2) is 4.98 Å². The minimum Gasteiger partial charge on any atom is -0.336 e. The van der Waals surface area contributed by atoms with Gasteiger partial charge in [-0.15, -0.1) is 23.7 Å². The van der Waals surface area contributed by atoms with Crippen LogP contribution in [-0.4, -0.2) is 29.4 Å². The topological polar surface area (TPSA) is 59.2 Å². The summed E-state index contributed by atoms with van der Waals surface area (Å²) in [5.41, 5.74) is 8.35. The maximum Gasteiger partial charge on any atom is 0.273 e. The fourth-order valence-electron chi connectivity index (χ4n) is 1.96. The van der Waals surface area contributed by atoms with E-state index in [9.17, 15) is 4.79 Å². The molecule has 0 unspecified atom stereocenters. The lowest BCUT2D eigenvalue weighted by molar-refractivity contribution is 0.0779. The second kappa shape index (κ2) is 8.12. The van der Waals surface area contributed by atoms with E-state index in [0.717, 1.165) is 17.0 Å². The number of benzene rings is 1. The number of amides is 1. The van der Waals surface area contributed by atoms with Gasteiger partial charge in [-0.1, -0.05) is 24.3 Å². The summed E-state index contributed by atoms with van der Waals surface area (Å²) in [6, 6.07) is 8.08. The van der Waals surface area contributed by atoms with Gasteiger partial charge in [0.05, 0.1) is 5.01 Å². The summed E-state index contributed by atoms with van der Waals surface area (Å²) >= 11 is 1.49. The monoisotopic (exact) mass is 325 g/mol. The third-order valence-corrected chi connectivity index (χ3v) is 4.05.